The summed E-state index contributed by atoms with van der Waals surface area (Å²) >= 11 is 0. The zero-order chi connectivity index (χ0) is 14.4. The van der Waals surface area contributed by atoms with Crippen molar-refractivity contribution in [3.63, 3.8) is 0 Å². The lowest BCUT2D eigenvalue weighted by molar-refractivity contribution is -0.131. The van der Waals surface area contributed by atoms with Crippen molar-refractivity contribution in [2.45, 2.75) is 38.6 Å². The first-order valence-electron chi connectivity index (χ1n) is 7.88. The largest absolute Gasteiger partial charge is 0.342 e. The van der Waals surface area contributed by atoms with Crippen LogP contribution in [0.3, 0.4) is 0 Å². The van der Waals surface area contributed by atoms with Crippen LogP contribution >= 0.6 is 0 Å². The normalized spacial score (nSPS) is 22.7. The number of carbonyl (C=O) groups excluding carboxylic acids is 1. The molecule has 0 N–H and O–H groups in total. The van der Waals surface area contributed by atoms with Crippen molar-refractivity contribution in [2.24, 2.45) is 0 Å². The van der Waals surface area contributed by atoms with Crippen molar-refractivity contribution in [1.29, 1.82) is 5.26 Å². The maximum atomic E-state index is 12.1. The third-order valence-corrected chi connectivity index (χ3v) is 4.38. The minimum atomic E-state index is 0.0523. The fourth-order valence-corrected chi connectivity index (χ4v) is 3.09. The molecule has 2 rings (SSSR count). The van der Waals surface area contributed by atoms with E-state index >= 15 is 0 Å². The lowest BCUT2D eigenvalue weighted by Gasteiger charge is -2.37. The second-order valence-electron chi connectivity index (χ2n) is 5.83. The molecule has 2 fully saturated rings. The van der Waals surface area contributed by atoms with Crippen LogP contribution in [0.15, 0.2) is 0 Å². The number of piperazine rings is 1. The first kappa shape index (κ1) is 15.3. The van der Waals surface area contributed by atoms with Gasteiger partial charge in [0.1, 0.15) is 0 Å². The highest BCUT2D eigenvalue weighted by atomic mass is 16.2. The van der Waals surface area contributed by atoms with Crippen LogP contribution in [0, 0.1) is 11.3 Å². The van der Waals surface area contributed by atoms with Crippen molar-refractivity contribution in [2.75, 3.05) is 45.8 Å². The van der Waals surface area contributed by atoms with Crippen molar-refractivity contribution in [3.05, 3.63) is 0 Å². The quantitative estimate of drug-likeness (QED) is 0.750. The molecule has 5 heteroatoms. The third-order valence-electron chi connectivity index (χ3n) is 4.38. The topological polar surface area (TPSA) is 50.6 Å². The van der Waals surface area contributed by atoms with Crippen LogP contribution in [-0.4, -0.2) is 72.5 Å². The summed E-state index contributed by atoms with van der Waals surface area (Å²) in [6.07, 6.45) is 4.30. The smallest absolute Gasteiger partial charge is 0.236 e. The number of nitriles is 1. The Labute approximate surface area is 122 Å². The van der Waals surface area contributed by atoms with E-state index in [2.05, 4.69) is 22.8 Å². The second-order valence-corrected chi connectivity index (χ2v) is 5.83. The highest BCUT2D eigenvalue weighted by molar-refractivity contribution is 5.78. The van der Waals surface area contributed by atoms with E-state index in [9.17, 15) is 10.1 Å². The molecule has 5 nitrogen and oxygen atoms in total. The maximum Gasteiger partial charge on any atom is 0.236 e. The lowest BCUT2D eigenvalue weighted by Crippen LogP contribution is -2.52. The average molecular weight is 278 g/mol. The van der Waals surface area contributed by atoms with E-state index in [1.807, 2.05) is 4.90 Å². The number of carbonyl (C=O) groups is 1. The molecule has 0 bridgehead atoms. The molecular weight excluding hydrogens is 252 g/mol. The number of rotatable bonds is 5. The van der Waals surface area contributed by atoms with Gasteiger partial charge < -0.3 is 4.90 Å². The monoisotopic (exact) mass is 278 g/mol. The number of nitrogens with zero attached hydrogens (tertiary/aromatic N) is 4. The summed E-state index contributed by atoms with van der Waals surface area (Å²) in [6, 6.07) is 2.46. The van der Waals surface area contributed by atoms with Crippen LogP contribution in [0.25, 0.3) is 0 Å². The highest BCUT2D eigenvalue weighted by Gasteiger charge is 2.26. The van der Waals surface area contributed by atoms with Gasteiger partial charge in [-0.3, -0.25) is 14.6 Å². The molecule has 2 heterocycles. The van der Waals surface area contributed by atoms with Gasteiger partial charge >= 0.3 is 0 Å². The molecule has 1 atom stereocenters. The number of amides is 1. The van der Waals surface area contributed by atoms with Gasteiger partial charge in [0.2, 0.25) is 5.91 Å². The van der Waals surface area contributed by atoms with Crippen LogP contribution in [-0.2, 0) is 4.79 Å². The van der Waals surface area contributed by atoms with Gasteiger partial charge in [-0.15, -0.1) is 0 Å². The van der Waals surface area contributed by atoms with E-state index in [4.69, 9.17) is 0 Å². The fourth-order valence-electron chi connectivity index (χ4n) is 3.09. The molecule has 0 aliphatic carbocycles. The van der Waals surface area contributed by atoms with E-state index in [-0.39, 0.29) is 11.9 Å². The predicted molar refractivity (Wildman–Crippen MR) is 78.1 cm³/mol. The Balaban J connectivity index is 1.73. The molecular formula is C15H26N4O. The minimum absolute atomic E-state index is 0.0523. The lowest BCUT2D eigenvalue weighted by atomic mass is 10.1. The number of hydrogen-bond acceptors (Lipinski definition) is 4. The number of hydrogen-bond donors (Lipinski definition) is 0. The molecule has 2 aliphatic heterocycles. The average Bonchev–Trinajstić information content (AvgIpc) is 3.00. The van der Waals surface area contributed by atoms with Crippen LogP contribution in [0.1, 0.15) is 32.6 Å². The molecule has 0 saturated carbocycles. The van der Waals surface area contributed by atoms with Gasteiger partial charge in [0.15, 0.2) is 0 Å². The maximum absolute atomic E-state index is 12.1. The molecule has 0 aromatic rings. The van der Waals surface area contributed by atoms with Gasteiger partial charge in [0.25, 0.3) is 0 Å². The van der Waals surface area contributed by atoms with Crippen LogP contribution in [0.5, 0.6) is 0 Å². The minimum Gasteiger partial charge on any atom is -0.342 e. The Morgan fingerprint density at radius 1 is 1.15 bits per heavy atom. The van der Waals surface area contributed by atoms with E-state index in [0.717, 1.165) is 65.0 Å². The standard InChI is InChI=1S/C15H26N4O/c1-2-5-14(12-16)18-10-8-17(9-11-18)13-15(20)19-6-3-4-7-19/h14H,2-11,13H2,1H3. The Hall–Kier alpha value is -1.12. The van der Waals surface area contributed by atoms with E-state index in [0.29, 0.717) is 6.54 Å². The molecule has 0 aromatic carbocycles. The van der Waals surface area contributed by atoms with Gasteiger partial charge in [0, 0.05) is 39.3 Å². The molecule has 1 unspecified atom stereocenters. The Morgan fingerprint density at radius 3 is 2.35 bits per heavy atom. The summed E-state index contributed by atoms with van der Waals surface area (Å²) in [5.74, 6) is 0.279. The summed E-state index contributed by atoms with van der Waals surface area (Å²) < 4.78 is 0. The molecule has 1 amide bonds. The SMILES string of the molecule is CCCC(C#N)N1CCN(CC(=O)N2CCCC2)CC1. The van der Waals surface area contributed by atoms with Gasteiger partial charge in [0.05, 0.1) is 18.7 Å². The van der Waals surface area contributed by atoms with Crippen LogP contribution < -0.4 is 0 Å². The molecule has 2 aliphatic rings. The van der Waals surface area contributed by atoms with Gasteiger partial charge in [-0.1, -0.05) is 13.3 Å². The molecule has 0 aromatic heterocycles. The Bertz CT molecular complexity index is 351. The summed E-state index contributed by atoms with van der Waals surface area (Å²) in [7, 11) is 0. The Morgan fingerprint density at radius 2 is 1.80 bits per heavy atom. The van der Waals surface area contributed by atoms with E-state index < -0.39 is 0 Å². The third kappa shape index (κ3) is 3.94. The molecule has 0 radical (unpaired) electrons. The molecule has 0 spiro atoms. The molecule has 20 heavy (non-hydrogen) atoms. The highest BCUT2D eigenvalue weighted by Crippen LogP contribution is 2.12. The Kier molecular flexibility index (Phi) is 5.81. The van der Waals surface area contributed by atoms with E-state index in [1.165, 1.54) is 0 Å². The van der Waals surface area contributed by atoms with Crippen LogP contribution in [0.2, 0.25) is 0 Å². The van der Waals surface area contributed by atoms with Crippen LogP contribution in [0.4, 0.5) is 0 Å². The van der Waals surface area contributed by atoms with Gasteiger partial charge in [-0.05, 0) is 19.3 Å². The summed E-state index contributed by atoms with van der Waals surface area (Å²) in [5.41, 5.74) is 0. The first-order chi connectivity index (χ1) is 9.74. The molecule has 2 saturated heterocycles. The number of likely N-dealkylation sites (tertiary alicyclic amines) is 1. The van der Waals surface area contributed by atoms with Crippen molar-refractivity contribution >= 4 is 5.91 Å². The van der Waals surface area contributed by atoms with Crippen molar-refractivity contribution in [1.82, 2.24) is 14.7 Å². The van der Waals surface area contributed by atoms with Crippen molar-refractivity contribution in [3.8, 4) is 6.07 Å². The summed E-state index contributed by atoms with van der Waals surface area (Å²) in [4.78, 5) is 18.6. The fraction of sp³-hybridized carbons (Fsp3) is 0.867. The van der Waals surface area contributed by atoms with E-state index in [1.54, 1.807) is 0 Å². The second kappa shape index (κ2) is 7.61. The van der Waals surface area contributed by atoms with Crippen molar-refractivity contribution < 1.29 is 4.79 Å². The summed E-state index contributed by atoms with van der Waals surface area (Å²) in [6.45, 7) is 8.17. The van der Waals surface area contributed by atoms with Gasteiger partial charge in [-0.2, -0.15) is 5.26 Å². The molecule has 112 valence electrons. The zero-order valence-corrected chi connectivity index (χ0v) is 12.6. The zero-order valence-electron chi connectivity index (χ0n) is 12.6. The predicted octanol–water partition coefficient (Wildman–Crippen LogP) is 0.919. The van der Waals surface area contributed by atoms with Gasteiger partial charge in [-0.25, -0.2) is 0 Å². The summed E-state index contributed by atoms with van der Waals surface area (Å²) in [5, 5.41) is 9.20. The first-order valence-corrected chi connectivity index (χ1v) is 7.88.